The fourth-order valence-corrected chi connectivity index (χ4v) is 0.427. The van der Waals surface area contributed by atoms with Gasteiger partial charge < -0.3 is 0 Å². The Morgan fingerprint density at radius 1 is 1.62 bits per heavy atom. The van der Waals surface area contributed by atoms with Crippen molar-refractivity contribution >= 4 is 6.21 Å². The van der Waals surface area contributed by atoms with Crippen LogP contribution in [-0.4, -0.2) is 12.8 Å². The number of nitrogens with zero attached hydrogens (tertiary/aromatic N) is 3. The molecule has 0 aromatic carbocycles. The monoisotopic (exact) mass is 109 g/mol. The average Bonchev–Trinajstić information content (AvgIpc) is 1.94. The second-order valence-corrected chi connectivity index (χ2v) is 1.61. The molecule has 0 radical (unpaired) electrons. The Labute approximate surface area is 47.8 Å². The molecular weight excluding hydrogens is 102 g/mol. The first-order valence-corrected chi connectivity index (χ1v) is 2.46. The number of allylic oxidation sites excluding steroid dienone is 1. The molecule has 0 fully saturated rings. The summed E-state index contributed by atoms with van der Waals surface area (Å²) in [6.45, 7) is 2.63. The van der Waals surface area contributed by atoms with Gasteiger partial charge in [-0.1, -0.05) is 6.08 Å². The Kier molecular flexibility index (Phi) is 1.51. The first kappa shape index (κ1) is 5.15. The molecule has 3 nitrogen and oxygen atoms in total. The summed E-state index contributed by atoms with van der Waals surface area (Å²) in [5, 5.41) is 10.8. The highest BCUT2D eigenvalue weighted by atomic mass is 15.4. The molecule has 0 spiro atoms. The summed E-state index contributed by atoms with van der Waals surface area (Å²) >= 11 is 0. The third-order valence-corrected chi connectivity index (χ3v) is 0.871. The van der Waals surface area contributed by atoms with E-state index < -0.39 is 0 Å². The van der Waals surface area contributed by atoms with Gasteiger partial charge in [0.1, 0.15) is 0 Å². The van der Waals surface area contributed by atoms with E-state index in [1.807, 2.05) is 13.0 Å². The highest BCUT2D eigenvalue weighted by Crippen LogP contribution is 1.93. The molecule has 0 aromatic rings. The average molecular weight is 109 g/mol. The van der Waals surface area contributed by atoms with Gasteiger partial charge in [0, 0.05) is 0 Å². The van der Waals surface area contributed by atoms with Crippen LogP contribution >= 0.6 is 0 Å². The summed E-state index contributed by atoms with van der Waals surface area (Å²) in [5.74, 6) is 0. The molecular formula is C5H7N3. The molecule has 0 aliphatic carbocycles. The van der Waals surface area contributed by atoms with Gasteiger partial charge in [-0.05, 0) is 17.7 Å². The lowest BCUT2D eigenvalue weighted by atomic mass is 10.3. The predicted molar refractivity (Wildman–Crippen MR) is 32.0 cm³/mol. The lowest BCUT2D eigenvalue weighted by molar-refractivity contribution is 0.980. The van der Waals surface area contributed by atoms with Crippen molar-refractivity contribution in [3.63, 3.8) is 0 Å². The van der Waals surface area contributed by atoms with Crippen LogP contribution < -0.4 is 0 Å². The molecule has 1 heterocycles. The fraction of sp³-hybridized carbons (Fsp3) is 0.400. The minimum absolute atomic E-state index is 0.659. The SMILES string of the molecule is CC1=CCN=NN=C1. The smallest absolute Gasteiger partial charge is 0.0808 e. The van der Waals surface area contributed by atoms with Crippen LogP contribution in [0.25, 0.3) is 0 Å². The molecule has 1 rings (SSSR count). The van der Waals surface area contributed by atoms with Gasteiger partial charge in [0.25, 0.3) is 0 Å². The molecule has 0 N–H and O–H groups in total. The van der Waals surface area contributed by atoms with Crippen molar-refractivity contribution in [3.05, 3.63) is 11.6 Å². The van der Waals surface area contributed by atoms with Crippen LogP contribution in [-0.2, 0) is 0 Å². The molecule has 8 heavy (non-hydrogen) atoms. The lowest BCUT2D eigenvalue weighted by Crippen LogP contribution is -1.74. The van der Waals surface area contributed by atoms with Crippen LogP contribution in [0, 0.1) is 0 Å². The molecule has 1 aliphatic heterocycles. The molecule has 0 saturated heterocycles. The van der Waals surface area contributed by atoms with Crippen molar-refractivity contribution in [3.8, 4) is 0 Å². The van der Waals surface area contributed by atoms with E-state index in [1.54, 1.807) is 6.21 Å². The molecule has 1 aliphatic rings. The Balaban J connectivity index is 2.69. The van der Waals surface area contributed by atoms with Crippen molar-refractivity contribution in [2.45, 2.75) is 6.92 Å². The normalized spacial score (nSPS) is 17.9. The van der Waals surface area contributed by atoms with Gasteiger partial charge in [-0.25, -0.2) is 0 Å². The number of hydrogen-bond acceptors (Lipinski definition) is 3. The first-order chi connectivity index (χ1) is 3.89. The topological polar surface area (TPSA) is 37.1 Å². The molecule has 3 heteroatoms. The van der Waals surface area contributed by atoms with Crippen LogP contribution in [0.2, 0.25) is 0 Å². The van der Waals surface area contributed by atoms with Crippen molar-refractivity contribution in [2.75, 3.05) is 6.54 Å². The standard InChI is InChI=1S/C5H7N3/c1-5-2-3-6-8-7-4-5/h2,4H,3H2,1H3. The molecule has 0 amide bonds. The van der Waals surface area contributed by atoms with Crippen LogP contribution in [0.15, 0.2) is 27.1 Å². The summed E-state index contributed by atoms with van der Waals surface area (Å²) in [7, 11) is 0. The maximum atomic E-state index is 3.67. The van der Waals surface area contributed by atoms with Crippen molar-refractivity contribution < 1.29 is 0 Å². The van der Waals surface area contributed by atoms with Crippen LogP contribution in [0.3, 0.4) is 0 Å². The zero-order valence-electron chi connectivity index (χ0n) is 4.70. The first-order valence-electron chi connectivity index (χ1n) is 2.46. The van der Waals surface area contributed by atoms with E-state index >= 15 is 0 Å². The van der Waals surface area contributed by atoms with E-state index in [4.69, 9.17) is 0 Å². The lowest BCUT2D eigenvalue weighted by Gasteiger charge is -1.79. The van der Waals surface area contributed by atoms with E-state index in [2.05, 4.69) is 15.4 Å². The Morgan fingerprint density at radius 3 is 3.38 bits per heavy atom. The van der Waals surface area contributed by atoms with Crippen molar-refractivity contribution in [1.82, 2.24) is 0 Å². The Hall–Kier alpha value is -0.990. The summed E-state index contributed by atoms with van der Waals surface area (Å²) in [6.07, 6.45) is 3.66. The molecule has 0 aromatic heterocycles. The van der Waals surface area contributed by atoms with E-state index in [0.717, 1.165) is 5.57 Å². The zero-order chi connectivity index (χ0) is 5.82. The summed E-state index contributed by atoms with van der Waals surface area (Å²) in [5.41, 5.74) is 1.12. The van der Waals surface area contributed by atoms with Gasteiger partial charge >= 0.3 is 0 Å². The Bertz CT molecular complexity index is 152. The maximum absolute atomic E-state index is 3.67. The minimum Gasteiger partial charge on any atom is -0.165 e. The van der Waals surface area contributed by atoms with Gasteiger partial charge in [-0.3, -0.25) is 0 Å². The molecule has 0 unspecified atom stereocenters. The van der Waals surface area contributed by atoms with E-state index in [9.17, 15) is 0 Å². The number of rotatable bonds is 0. The van der Waals surface area contributed by atoms with Gasteiger partial charge in [0.05, 0.1) is 12.8 Å². The van der Waals surface area contributed by atoms with Crippen LogP contribution in [0.4, 0.5) is 0 Å². The quantitative estimate of drug-likeness (QED) is 0.450. The van der Waals surface area contributed by atoms with Crippen LogP contribution in [0.5, 0.6) is 0 Å². The zero-order valence-corrected chi connectivity index (χ0v) is 4.70. The predicted octanol–water partition coefficient (Wildman–Crippen LogP) is 1.38. The van der Waals surface area contributed by atoms with Gasteiger partial charge in [-0.15, -0.1) is 5.10 Å². The minimum atomic E-state index is 0.659. The van der Waals surface area contributed by atoms with E-state index in [1.165, 1.54) is 0 Å². The fourth-order valence-electron chi connectivity index (χ4n) is 0.427. The highest BCUT2D eigenvalue weighted by Gasteiger charge is 1.83. The Morgan fingerprint density at radius 2 is 2.50 bits per heavy atom. The number of hydrogen-bond donors (Lipinski definition) is 0. The van der Waals surface area contributed by atoms with Crippen molar-refractivity contribution in [2.24, 2.45) is 15.4 Å². The third-order valence-electron chi connectivity index (χ3n) is 0.871. The van der Waals surface area contributed by atoms with E-state index in [0.29, 0.717) is 6.54 Å². The highest BCUT2D eigenvalue weighted by molar-refractivity contribution is 5.77. The van der Waals surface area contributed by atoms with Gasteiger partial charge in [-0.2, -0.15) is 5.11 Å². The van der Waals surface area contributed by atoms with E-state index in [-0.39, 0.29) is 0 Å². The summed E-state index contributed by atoms with van der Waals surface area (Å²) < 4.78 is 0. The van der Waals surface area contributed by atoms with Crippen LogP contribution in [0.1, 0.15) is 6.92 Å². The maximum Gasteiger partial charge on any atom is 0.0808 e. The largest absolute Gasteiger partial charge is 0.165 e. The second-order valence-electron chi connectivity index (χ2n) is 1.61. The van der Waals surface area contributed by atoms with Gasteiger partial charge in [0.15, 0.2) is 0 Å². The third kappa shape index (κ3) is 1.26. The molecule has 0 saturated carbocycles. The van der Waals surface area contributed by atoms with Gasteiger partial charge in [0.2, 0.25) is 0 Å². The summed E-state index contributed by atoms with van der Waals surface area (Å²) in [4.78, 5) is 0. The molecule has 42 valence electrons. The van der Waals surface area contributed by atoms with Crippen molar-refractivity contribution in [1.29, 1.82) is 0 Å². The second kappa shape index (κ2) is 2.35. The molecule has 0 atom stereocenters. The molecule has 0 bridgehead atoms. The summed E-state index contributed by atoms with van der Waals surface area (Å²) in [6, 6.07) is 0.